The van der Waals surface area contributed by atoms with Gasteiger partial charge in [0.15, 0.2) is 11.6 Å². The molecule has 4 bridgehead atoms. The van der Waals surface area contributed by atoms with E-state index in [2.05, 4.69) is 15.6 Å². The third kappa shape index (κ3) is 6.48. The molecule has 4 heterocycles. The van der Waals surface area contributed by atoms with Gasteiger partial charge in [0.1, 0.15) is 18.0 Å². The molecular weight excluding hydrogens is 577 g/mol. The molecule has 3 aliphatic rings. The minimum atomic E-state index is -0.779. The summed E-state index contributed by atoms with van der Waals surface area (Å²) in [5.74, 6) is -0.584. The quantitative estimate of drug-likeness (QED) is 0.259. The van der Waals surface area contributed by atoms with Crippen molar-refractivity contribution < 1.29 is 28.2 Å². The highest BCUT2D eigenvalue weighted by molar-refractivity contribution is 5.94. The van der Waals surface area contributed by atoms with Gasteiger partial charge in [0.05, 0.1) is 19.8 Å². The number of carbonyl (C=O) groups is 2. The minimum absolute atomic E-state index is 0.00936. The summed E-state index contributed by atoms with van der Waals surface area (Å²) in [7, 11) is 1.66. The van der Waals surface area contributed by atoms with Gasteiger partial charge in [-0.15, -0.1) is 0 Å². The summed E-state index contributed by atoms with van der Waals surface area (Å²) in [6, 6.07) is 15.4. The van der Waals surface area contributed by atoms with E-state index in [1.807, 2.05) is 56.3 Å². The molecule has 0 spiro atoms. The van der Waals surface area contributed by atoms with Gasteiger partial charge < -0.3 is 30.2 Å². The lowest BCUT2D eigenvalue weighted by molar-refractivity contribution is -0.131. The summed E-state index contributed by atoms with van der Waals surface area (Å²) in [6.07, 6.45) is 1.24. The van der Waals surface area contributed by atoms with Crippen molar-refractivity contribution in [1.29, 1.82) is 0 Å². The van der Waals surface area contributed by atoms with Crippen molar-refractivity contribution in [1.82, 2.24) is 9.88 Å². The summed E-state index contributed by atoms with van der Waals surface area (Å²) < 4.78 is 32.5. The van der Waals surface area contributed by atoms with Crippen LogP contribution in [0.2, 0.25) is 0 Å². The molecule has 4 N–H and O–H groups in total. The monoisotopic (exact) mass is 613 g/mol. The molecule has 234 valence electrons. The van der Waals surface area contributed by atoms with Crippen LogP contribution in [0.15, 0.2) is 60.8 Å². The summed E-state index contributed by atoms with van der Waals surface area (Å²) in [5, 5.41) is 7.76. The first-order chi connectivity index (χ1) is 21.7. The first-order valence-electron chi connectivity index (χ1n) is 14.9. The molecule has 3 unspecified atom stereocenters. The Balaban J connectivity index is 1.40. The molecule has 0 aliphatic carbocycles. The van der Waals surface area contributed by atoms with Crippen LogP contribution in [0.25, 0.3) is 10.8 Å². The normalized spacial score (nSPS) is 20.6. The molecule has 3 atom stereocenters. The zero-order chi connectivity index (χ0) is 31.7. The molecule has 0 saturated carbocycles. The highest BCUT2D eigenvalue weighted by atomic mass is 19.1. The van der Waals surface area contributed by atoms with E-state index in [1.165, 1.54) is 11.0 Å². The highest BCUT2D eigenvalue weighted by Crippen LogP contribution is 2.33. The number of rotatable bonds is 4. The number of ether oxygens (including phenoxy) is 3. The number of hydrogen-bond donors (Lipinski definition) is 3. The average Bonchev–Trinajstić information content (AvgIpc) is 3.53. The standard InChI is InChI=1S/C34H36FN5O5/c1-19-12-22-4-6-27(19)20(2)17-44-34(42)39-25-14-23(31(29(35)15-25)45-26-9-11-43-18-26)16-40(3)33(41)30(22)38-24-5-7-28-21(13-24)8-10-37-32(28)36/h4-8,10,12-15,20,26,30,38H,9,11,16-18H2,1-3H3,(H2,36,37)(H,39,42). The Hall–Kier alpha value is -4.90. The second kappa shape index (κ2) is 12.6. The maximum Gasteiger partial charge on any atom is 0.411 e. The maximum atomic E-state index is 15.6. The van der Waals surface area contributed by atoms with Gasteiger partial charge >= 0.3 is 6.09 Å². The van der Waals surface area contributed by atoms with Crippen molar-refractivity contribution in [2.24, 2.45) is 0 Å². The Labute approximate surface area is 260 Å². The van der Waals surface area contributed by atoms with E-state index >= 15 is 4.39 Å². The molecule has 11 heteroatoms. The molecule has 3 aromatic carbocycles. The first kappa shape index (κ1) is 30.1. The first-order valence-corrected chi connectivity index (χ1v) is 14.9. The molecule has 1 aromatic heterocycles. The van der Waals surface area contributed by atoms with Gasteiger partial charge in [-0.25, -0.2) is 14.2 Å². The van der Waals surface area contributed by atoms with E-state index in [-0.39, 0.29) is 42.5 Å². The van der Waals surface area contributed by atoms with Crippen LogP contribution in [0.1, 0.15) is 47.6 Å². The highest BCUT2D eigenvalue weighted by Gasteiger charge is 2.28. The average molecular weight is 614 g/mol. The van der Waals surface area contributed by atoms with E-state index < -0.39 is 18.0 Å². The van der Waals surface area contributed by atoms with E-state index in [0.29, 0.717) is 31.0 Å². The second-order valence-electron chi connectivity index (χ2n) is 11.7. The topological polar surface area (TPSA) is 128 Å². The van der Waals surface area contributed by atoms with E-state index in [1.54, 1.807) is 19.3 Å². The van der Waals surface area contributed by atoms with Crippen LogP contribution in [0.5, 0.6) is 5.75 Å². The molecule has 10 nitrogen and oxygen atoms in total. The number of aromatic nitrogens is 1. The number of halogens is 1. The zero-order valence-electron chi connectivity index (χ0n) is 25.4. The number of amides is 2. The number of nitrogen functional groups attached to an aromatic ring is 1. The van der Waals surface area contributed by atoms with Crippen molar-refractivity contribution >= 4 is 40.0 Å². The number of nitrogens with two attached hydrogens (primary N) is 1. The van der Waals surface area contributed by atoms with Gasteiger partial charge in [-0.1, -0.05) is 25.1 Å². The Morgan fingerprint density at radius 3 is 2.73 bits per heavy atom. The minimum Gasteiger partial charge on any atom is -0.484 e. The molecule has 0 radical (unpaired) electrons. The van der Waals surface area contributed by atoms with Crippen LogP contribution >= 0.6 is 0 Å². The second-order valence-corrected chi connectivity index (χ2v) is 11.7. The number of hydrogen-bond acceptors (Lipinski definition) is 8. The van der Waals surface area contributed by atoms with Gasteiger partial charge in [0.25, 0.3) is 0 Å². The number of nitrogens with one attached hydrogen (secondary N) is 2. The Morgan fingerprint density at radius 2 is 1.96 bits per heavy atom. The Morgan fingerprint density at radius 1 is 1.11 bits per heavy atom. The van der Waals surface area contributed by atoms with E-state index in [4.69, 9.17) is 19.9 Å². The fraction of sp³-hybridized carbons (Fsp3) is 0.324. The third-order valence-corrected chi connectivity index (χ3v) is 8.30. The van der Waals surface area contributed by atoms with Crippen molar-refractivity contribution in [3.05, 3.63) is 88.9 Å². The number of carbonyl (C=O) groups excluding carboxylic acids is 2. The van der Waals surface area contributed by atoms with E-state index in [0.717, 1.165) is 33.2 Å². The molecular formula is C34H36FN5O5. The van der Waals surface area contributed by atoms with Crippen molar-refractivity contribution in [2.75, 3.05) is 43.2 Å². The SMILES string of the molecule is Cc1cc2ccc1C(C)COC(=O)Nc1cc(F)c(OC3CCOC3)c(c1)CN(C)C(=O)C2Nc1ccc2c(N)nccc2c1. The third-order valence-electron chi connectivity index (χ3n) is 8.30. The molecule has 1 saturated heterocycles. The Kier molecular flexibility index (Phi) is 8.44. The lowest BCUT2D eigenvalue weighted by Crippen LogP contribution is -2.35. The van der Waals surface area contributed by atoms with Gasteiger partial charge in [-0.3, -0.25) is 10.1 Å². The molecule has 45 heavy (non-hydrogen) atoms. The molecule has 1 fully saturated rings. The molecule has 7 rings (SSSR count). The molecule has 4 aromatic rings. The molecule has 3 aliphatic heterocycles. The zero-order valence-corrected chi connectivity index (χ0v) is 25.4. The van der Waals surface area contributed by atoms with Crippen LogP contribution in [-0.4, -0.2) is 54.9 Å². The van der Waals surface area contributed by atoms with Gasteiger partial charge in [0.2, 0.25) is 5.91 Å². The number of benzene rings is 3. The van der Waals surface area contributed by atoms with Crippen LogP contribution in [0.4, 0.5) is 26.4 Å². The van der Waals surface area contributed by atoms with Crippen LogP contribution in [-0.2, 0) is 20.8 Å². The van der Waals surface area contributed by atoms with Crippen LogP contribution in [0, 0.1) is 12.7 Å². The van der Waals surface area contributed by atoms with E-state index in [9.17, 15) is 9.59 Å². The van der Waals surface area contributed by atoms with Gasteiger partial charge in [0, 0.05) is 60.5 Å². The van der Waals surface area contributed by atoms with Gasteiger partial charge in [-0.05, 0) is 59.3 Å². The number of fused-ring (bicyclic) bond motifs is 10. The van der Waals surface area contributed by atoms with Crippen molar-refractivity contribution in [3.8, 4) is 5.75 Å². The predicted octanol–water partition coefficient (Wildman–Crippen LogP) is 5.91. The number of likely N-dealkylation sites (N-methyl/N-ethyl adjacent to an activating group) is 1. The summed E-state index contributed by atoms with van der Waals surface area (Å²) in [5.41, 5.74) is 10.1. The molecule has 2 amide bonds. The smallest absolute Gasteiger partial charge is 0.411 e. The summed E-state index contributed by atoms with van der Waals surface area (Å²) >= 11 is 0. The van der Waals surface area contributed by atoms with Crippen molar-refractivity contribution in [2.45, 2.75) is 44.9 Å². The lowest BCUT2D eigenvalue weighted by Gasteiger charge is -2.28. The number of anilines is 3. The number of aryl methyl sites for hydroxylation is 1. The fourth-order valence-corrected chi connectivity index (χ4v) is 5.92. The van der Waals surface area contributed by atoms with Crippen molar-refractivity contribution in [3.63, 3.8) is 0 Å². The largest absolute Gasteiger partial charge is 0.484 e. The Bertz CT molecular complexity index is 1760. The summed E-state index contributed by atoms with van der Waals surface area (Å²) in [6.45, 7) is 4.91. The number of pyridine rings is 1. The fourth-order valence-electron chi connectivity index (χ4n) is 5.92. The lowest BCUT2D eigenvalue weighted by atomic mass is 9.93. The summed E-state index contributed by atoms with van der Waals surface area (Å²) in [4.78, 5) is 32.7. The predicted molar refractivity (Wildman–Crippen MR) is 170 cm³/mol. The maximum absolute atomic E-state index is 15.6. The van der Waals surface area contributed by atoms with Gasteiger partial charge in [-0.2, -0.15) is 0 Å². The van der Waals surface area contributed by atoms with Crippen LogP contribution in [0.3, 0.4) is 0 Å². The van der Waals surface area contributed by atoms with Crippen LogP contribution < -0.4 is 21.1 Å². The number of nitrogens with zero attached hydrogens (tertiary/aromatic N) is 2.